The predicted octanol–water partition coefficient (Wildman–Crippen LogP) is 2.20. The molecular formula is C8H9F. The Morgan fingerprint density at radius 2 is 1.78 bits per heavy atom. The zero-order valence-corrected chi connectivity index (χ0v) is 5.18. The van der Waals surface area contributed by atoms with Crippen molar-refractivity contribution in [1.82, 2.24) is 0 Å². The van der Waals surface area contributed by atoms with Crippen LogP contribution in [0.15, 0.2) is 30.3 Å². The SMILES string of the molecule is FCCc1ccccc1. The van der Waals surface area contributed by atoms with Crippen molar-refractivity contribution >= 4 is 0 Å². The van der Waals surface area contributed by atoms with Crippen LogP contribution in [0.25, 0.3) is 0 Å². The smallest absolute Gasteiger partial charge is 0.0934 e. The molecule has 0 aliphatic heterocycles. The Balaban J connectivity index is 2.61. The van der Waals surface area contributed by atoms with Gasteiger partial charge >= 0.3 is 0 Å². The van der Waals surface area contributed by atoms with E-state index in [4.69, 9.17) is 0 Å². The number of alkyl halides is 1. The number of benzene rings is 1. The molecule has 0 aromatic heterocycles. The molecule has 0 aliphatic carbocycles. The maximum atomic E-state index is 11.7. The van der Waals surface area contributed by atoms with E-state index in [0.717, 1.165) is 5.56 Å². The highest BCUT2D eigenvalue weighted by molar-refractivity contribution is 5.14. The van der Waals surface area contributed by atoms with Crippen LogP contribution in [0.1, 0.15) is 5.56 Å². The molecule has 0 saturated carbocycles. The van der Waals surface area contributed by atoms with Crippen LogP contribution in [0.3, 0.4) is 0 Å². The van der Waals surface area contributed by atoms with E-state index in [1.807, 2.05) is 30.3 Å². The van der Waals surface area contributed by atoms with Gasteiger partial charge in [0.1, 0.15) is 0 Å². The Labute approximate surface area is 54.3 Å². The van der Waals surface area contributed by atoms with Gasteiger partial charge in [0.2, 0.25) is 0 Å². The van der Waals surface area contributed by atoms with E-state index in [9.17, 15) is 4.39 Å². The lowest BCUT2D eigenvalue weighted by atomic mass is 10.2. The predicted molar refractivity (Wildman–Crippen MR) is 36.1 cm³/mol. The molecule has 0 nitrogen and oxygen atoms in total. The molecule has 1 rings (SSSR count). The number of hydrogen-bond acceptors (Lipinski definition) is 0. The molecule has 1 aromatic carbocycles. The van der Waals surface area contributed by atoms with Crippen molar-refractivity contribution in [2.45, 2.75) is 6.42 Å². The monoisotopic (exact) mass is 124 g/mol. The van der Waals surface area contributed by atoms with Gasteiger partial charge in [-0.3, -0.25) is 4.39 Å². The number of hydrogen-bond donors (Lipinski definition) is 0. The quantitative estimate of drug-likeness (QED) is 0.567. The first-order valence-corrected chi connectivity index (χ1v) is 3.03. The van der Waals surface area contributed by atoms with Crippen LogP contribution in [0.5, 0.6) is 0 Å². The highest BCUT2D eigenvalue weighted by Gasteiger charge is 1.86. The van der Waals surface area contributed by atoms with E-state index in [2.05, 4.69) is 0 Å². The van der Waals surface area contributed by atoms with Crippen LogP contribution in [-0.2, 0) is 6.42 Å². The zero-order chi connectivity index (χ0) is 6.53. The lowest BCUT2D eigenvalue weighted by Crippen LogP contribution is -1.83. The molecule has 0 radical (unpaired) electrons. The molecule has 0 amide bonds. The van der Waals surface area contributed by atoms with Crippen LogP contribution < -0.4 is 0 Å². The Kier molecular flexibility index (Phi) is 2.25. The van der Waals surface area contributed by atoms with Gasteiger partial charge in [-0.2, -0.15) is 0 Å². The van der Waals surface area contributed by atoms with Crippen molar-refractivity contribution in [3.05, 3.63) is 35.9 Å². The summed E-state index contributed by atoms with van der Waals surface area (Å²) in [5, 5.41) is 0. The summed E-state index contributed by atoms with van der Waals surface area (Å²) >= 11 is 0. The molecule has 9 heavy (non-hydrogen) atoms. The highest BCUT2D eigenvalue weighted by Crippen LogP contribution is 1.98. The third-order valence-corrected chi connectivity index (χ3v) is 1.23. The number of aryl methyl sites for hydroxylation is 1. The average Bonchev–Trinajstić information content (AvgIpc) is 1.91. The van der Waals surface area contributed by atoms with Gasteiger partial charge in [-0.15, -0.1) is 0 Å². The minimum Gasteiger partial charge on any atom is -0.251 e. The van der Waals surface area contributed by atoms with Gasteiger partial charge in [0, 0.05) is 6.42 Å². The fourth-order valence-corrected chi connectivity index (χ4v) is 0.754. The van der Waals surface area contributed by atoms with Gasteiger partial charge in [-0.25, -0.2) is 0 Å². The second-order valence-electron chi connectivity index (χ2n) is 1.92. The summed E-state index contributed by atoms with van der Waals surface area (Å²) in [5.74, 6) is 0. The van der Waals surface area contributed by atoms with Gasteiger partial charge in [-0.05, 0) is 5.56 Å². The fraction of sp³-hybridized carbons (Fsp3) is 0.250. The fourth-order valence-electron chi connectivity index (χ4n) is 0.754. The Bertz CT molecular complexity index is 157. The van der Waals surface area contributed by atoms with Crippen LogP contribution in [0.4, 0.5) is 4.39 Å². The molecule has 0 heterocycles. The molecule has 0 N–H and O–H groups in total. The van der Waals surface area contributed by atoms with E-state index in [0.29, 0.717) is 6.42 Å². The van der Waals surface area contributed by atoms with Gasteiger partial charge in [-0.1, -0.05) is 30.3 Å². The largest absolute Gasteiger partial charge is 0.251 e. The third kappa shape index (κ3) is 1.84. The van der Waals surface area contributed by atoms with Crippen LogP contribution in [-0.4, -0.2) is 6.67 Å². The summed E-state index contributed by atoms with van der Waals surface area (Å²) in [7, 11) is 0. The van der Waals surface area contributed by atoms with E-state index in [1.54, 1.807) is 0 Å². The summed E-state index contributed by atoms with van der Waals surface area (Å²) in [6.07, 6.45) is 0.542. The minimum atomic E-state index is -0.260. The lowest BCUT2D eigenvalue weighted by Gasteiger charge is -1.92. The first-order valence-electron chi connectivity index (χ1n) is 3.03. The van der Waals surface area contributed by atoms with Crippen molar-refractivity contribution in [1.29, 1.82) is 0 Å². The minimum absolute atomic E-state index is 0.260. The summed E-state index contributed by atoms with van der Waals surface area (Å²) < 4.78 is 11.7. The Morgan fingerprint density at radius 3 is 2.33 bits per heavy atom. The lowest BCUT2D eigenvalue weighted by molar-refractivity contribution is 0.495. The first-order chi connectivity index (χ1) is 4.43. The van der Waals surface area contributed by atoms with Gasteiger partial charge in [0.15, 0.2) is 0 Å². The summed E-state index contributed by atoms with van der Waals surface area (Å²) in [6, 6.07) is 9.64. The molecule has 0 saturated heterocycles. The molecule has 1 aromatic rings. The second kappa shape index (κ2) is 3.23. The molecule has 0 unspecified atom stereocenters. The summed E-state index contributed by atoms with van der Waals surface area (Å²) in [5.41, 5.74) is 1.07. The van der Waals surface area contributed by atoms with E-state index >= 15 is 0 Å². The molecule has 0 spiro atoms. The maximum absolute atomic E-state index is 11.7. The van der Waals surface area contributed by atoms with Crippen LogP contribution in [0, 0.1) is 0 Å². The molecule has 0 aliphatic rings. The van der Waals surface area contributed by atoms with Crippen molar-refractivity contribution < 1.29 is 4.39 Å². The number of halogens is 1. The molecule has 0 atom stereocenters. The van der Waals surface area contributed by atoms with Crippen LogP contribution >= 0.6 is 0 Å². The Morgan fingerprint density at radius 1 is 1.11 bits per heavy atom. The highest BCUT2D eigenvalue weighted by atomic mass is 19.1. The second-order valence-corrected chi connectivity index (χ2v) is 1.92. The molecule has 0 bridgehead atoms. The standard InChI is InChI=1S/C8H9F/c9-7-6-8-4-2-1-3-5-8/h1-5H,6-7H2. The van der Waals surface area contributed by atoms with Crippen molar-refractivity contribution in [2.75, 3.05) is 6.67 Å². The molecule has 48 valence electrons. The van der Waals surface area contributed by atoms with Crippen molar-refractivity contribution in [3.8, 4) is 0 Å². The van der Waals surface area contributed by atoms with Crippen LogP contribution in [0.2, 0.25) is 0 Å². The maximum Gasteiger partial charge on any atom is 0.0934 e. The zero-order valence-electron chi connectivity index (χ0n) is 5.18. The van der Waals surface area contributed by atoms with Gasteiger partial charge in [0.25, 0.3) is 0 Å². The van der Waals surface area contributed by atoms with E-state index in [-0.39, 0.29) is 6.67 Å². The van der Waals surface area contributed by atoms with Gasteiger partial charge in [0.05, 0.1) is 6.67 Å². The molecular weight excluding hydrogens is 115 g/mol. The molecule has 1 heteroatoms. The normalized spacial score (nSPS) is 9.44. The summed E-state index contributed by atoms with van der Waals surface area (Å²) in [4.78, 5) is 0. The first kappa shape index (κ1) is 6.27. The number of rotatable bonds is 2. The third-order valence-electron chi connectivity index (χ3n) is 1.23. The summed E-state index contributed by atoms with van der Waals surface area (Å²) in [6.45, 7) is -0.260. The van der Waals surface area contributed by atoms with Crippen molar-refractivity contribution in [2.24, 2.45) is 0 Å². The Hall–Kier alpha value is -0.850. The van der Waals surface area contributed by atoms with E-state index in [1.165, 1.54) is 0 Å². The molecule has 0 fully saturated rings. The van der Waals surface area contributed by atoms with E-state index < -0.39 is 0 Å². The van der Waals surface area contributed by atoms with Gasteiger partial charge < -0.3 is 0 Å². The van der Waals surface area contributed by atoms with Crippen molar-refractivity contribution in [3.63, 3.8) is 0 Å². The average molecular weight is 124 g/mol. The topological polar surface area (TPSA) is 0 Å².